The fraction of sp³-hybridized carbons (Fsp3) is 0.750. The topological polar surface area (TPSA) is 48.3 Å². The molecule has 0 bridgehead atoms. The largest absolute Gasteiger partial charge is 0.383 e. The number of nitrogens with zero attached hydrogens (tertiary/aromatic N) is 2. The summed E-state index contributed by atoms with van der Waals surface area (Å²) in [4.78, 5) is 4.48. The monoisotopic (exact) mass is 239 g/mol. The number of aryl methyl sites for hydroxylation is 1. The zero-order chi connectivity index (χ0) is 12.1. The molecule has 1 fully saturated rings. The summed E-state index contributed by atoms with van der Waals surface area (Å²) in [7, 11) is 1.72. The van der Waals surface area contributed by atoms with Crippen LogP contribution < -0.4 is 5.32 Å². The minimum absolute atomic E-state index is 0.614. The number of aromatic nitrogens is 2. The molecule has 1 aromatic heterocycles. The molecule has 0 radical (unpaired) electrons. The Labute approximate surface area is 102 Å². The van der Waals surface area contributed by atoms with Gasteiger partial charge < -0.3 is 19.4 Å². The Balaban J connectivity index is 1.89. The van der Waals surface area contributed by atoms with Crippen molar-refractivity contribution >= 4 is 5.95 Å². The highest BCUT2D eigenvalue weighted by molar-refractivity contribution is 5.28. The lowest BCUT2D eigenvalue weighted by Gasteiger charge is -2.12. The van der Waals surface area contributed by atoms with E-state index >= 15 is 0 Å². The molecule has 1 aliphatic rings. The van der Waals surface area contributed by atoms with Gasteiger partial charge in [0, 0.05) is 38.9 Å². The van der Waals surface area contributed by atoms with Crippen molar-refractivity contribution < 1.29 is 9.47 Å². The molecule has 1 aliphatic heterocycles. The summed E-state index contributed by atoms with van der Waals surface area (Å²) in [5, 5.41) is 3.40. The lowest BCUT2D eigenvalue weighted by Crippen LogP contribution is -2.17. The zero-order valence-electron chi connectivity index (χ0n) is 10.6. The molecule has 1 aromatic rings. The van der Waals surface area contributed by atoms with E-state index in [-0.39, 0.29) is 0 Å². The molecule has 1 atom stereocenters. The van der Waals surface area contributed by atoms with E-state index in [1.807, 2.05) is 13.1 Å². The third-order valence-electron chi connectivity index (χ3n) is 3.01. The maximum absolute atomic E-state index is 5.36. The van der Waals surface area contributed by atoms with E-state index < -0.39 is 0 Å². The molecule has 1 unspecified atom stereocenters. The second-order valence-electron chi connectivity index (χ2n) is 4.50. The molecule has 1 saturated heterocycles. The summed E-state index contributed by atoms with van der Waals surface area (Å²) in [6.45, 7) is 6.24. The minimum Gasteiger partial charge on any atom is -0.383 e. The van der Waals surface area contributed by atoms with Crippen molar-refractivity contribution in [3.8, 4) is 0 Å². The van der Waals surface area contributed by atoms with Gasteiger partial charge in [-0.15, -0.1) is 0 Å². The number of ether oxygens (including phenoxy) is 2. The van der Waals surface area contributed by atoms with Gasteiger partial charge in [0.25, 0.3) is 0 Å². The normalized spacial score (nSPS) is 19.8. The van der Waals surface area contributed by atoms with E-state index in [1.54, 1.807) is 7.11 Å². The number of anilines is 1. The van der Waals surface area contributed by atoms with E-state index in [2.05, 4.69) is 14.9 Å². The number of imidazole rings is 1. The smallest absolute Gasteiger partial charge is 0.203 e. The van der Waals surface area contributed by atoms with E-state index in [9.17, 15) is 0 Å². The third kappa shape index (κ3) is 3.44. The summed E-state index contributed by atoms with van der Waals surface area (Å²) >= 11 is 0. The van der Waals surface area contributed by atoms with Crippen molar-refractivity contribution in [3.05, 3.63) is 11.9 Å². The summed E-state index contributed by atoms with van der Waals surface area (Å²) in [5.74, 6) is 1.55. The average molecular weight is 239 g/mol. The van der Waals surface area contributed by atoms with Crippen molar-refractivity contribution in [2.24, 2.45) is 5.92 Å². The molecule has 0 amide bonds. The van der Waals surface area contributed by atoms with Crippen LogP contribution in [0.3, 0.4) is 0 Å². The predicted molar refractivity (Wildman–Crippen MR) is 66.3 cm³/mol. The molecule has 2 heterocycles. The Morgan fingerprint density at radius 3 is 3.24 bits per heavy atom. The fourth-order valence-corrected chi connectivity index (χ4v) is 2.03. The molecular formula is C12H21N3O2. The standard InChI is InChI=1S/C12H21N3O2/c1-10-8-15(4-6-16-2)12(14-10)13-7-11-3-5-17-9-11/h8,11H,3-7,9H2,1-2H3,(H,13,14). The summed E-state index contributed by atoms with van der Waals surface area (Å²) in [5.41, 5.74) is 1.03. The molecular weight excluding hydrogens is 218 g/mol. The predicted octanol–water partition coefficient (Wildman–Crippen LogP) is 1.29. The van der Waals surface area contributed by atoms with Gasteiger partial charge in [-0.1, -0.05) is 0 Å². The molecule has 2 rings (SSSR count). The van der Waals surface area contributed by atoms with Gasteiger partial charge in [-0.2, -0.15) is 0 Å². The lowest BCUT2D eigenvalue weighted by molar-refractivity contribution is 0.186. The van der Waals surface area contributed by atoms with Crippen molar-refractivity contribution in [3.63, 3.8) is 0 Å². The second-order valence-corrected chi connectivity index (χ2v) is 4.50. The van der Waals surface area contributed by atoms with Crippen LogP contribution in [-0.2, 0) is 16.0 Å². The number of hydrogen-bond donors (Lipinski definition) is 1. The van der Waals surface area contributed by atoms with Gasteiger partial charge in [-0.25, -0.2) is 4.98 Å². The van der Waals surface area contributed by atoms with Crippen LogP contribution >= 0.6 is 0 Å². The van der Waals surface area contributed by atoms with Gasteiger partial charge in [0.05, 0.1) is 18.9 Å². The zero-order valence-corrected chi connectivity index (χ0v) is 10.6. The number of methoxy groups -OCH3 is 1. The molecule has 1 N–H and O–H groups in total. The first kappa shape index (κ1) is 12.4. The molecule has 5 nitrogen and oxygen atoms in total. The van der Waals surface area contributed by atoms with Gasteiger partial charge in [0.2, 0.25) is 5.95 Å². The molecule has 0 aliphatic carbocycles. The summed E-state index contributed by atoms with van der Waals surface area (Å²) < 4.78 is 12.6. The first-order valence-electron chi connectivity index (χ1n) is 6.14. The van der Waals surface area contributed by atoms with Crippen molar-refractivity contribution in [2.45, 2.75) is 19.9 Å². The quantitative estimate of drug-likeness (QED) is 0.812. The van der Waals surface area contributed by atoms with Crippen LogP contribution in [-0.4, -0.2) is 43.0 Å². The van der Waals surface area contributed by atoms with Gasteiger partial charge >= 0.3 is 0 Å². The maximum atomic E-state index is 5.36. The molecule has 5 heteroatoms. The first-order valence-corrected chi connectivity index (χ1v) is 6.14. The summed E-state index contributed by atoms with van der Waals surface area (Å²) in [6, 6.07) is 0. The second kappa shape index (κ2) is 6.02. The van der Waals surface area contributed by atoms with Crippen molar-refractivity contribution in [2.75, 3.05) is 38.8 Å². The van der Waals surface area contributed by atoms with E-state index in [0.717, 1.165) is 44.4 Å². The van der Waals surface area contributed by atoms with Gasteiger partial charge in [0.15, 0.2) is 0 Å². The lowest BCUT2D eigenvalue weighted by atomic mass is 10.1. The molecule has 17 heavy (non-hydrogen) atoms. The van der Waals surface area contributed by atoms with E-state index in [1.165, 1.54) is 0 Å². The van der Waals surface area contributed by atoms with Gasteiger partial charge in [0.1, 0.15) is 0 Å². The fourth-order valence-electron chi connectivity index (χ4n) is 2.03. The molecule has 0 saturated carbocycles. The molecule has 0 spiro atoms. The van der Waals surface area contributed by atoms with Crippen molar-refractivity contribution in [1.82, 2.24) is 9.55 Å². The Morgan fingerprint density at radius 1 is 1.65 bits per heavy atom. The third-order valence-corrected chi connectivity index (χ3v) is 3.01. The number of nitrogens with one attached hydrogen (secondary N) is 1. The highest BCUT2D eigenvalue weighted by Crippen LogP contribution is 2.14. The summed E-state index contributed by atoms with van der Waals surface area (Å²) in [6.07, 6.45) is 3.19. The van der Waals surface area contributed by atoms with Crippen LogP contribution in [0.2, 0.25) is 0 Å². The van der Waals surface area contributed by atoms with Gasteiger partial charge in [-0.3, -0.25) is 0 Å². The molecule has 96 valence electrons. The Bertz CT molecular complexity index is 346. The highest BCUT2D eigenvalue weighted by atomic mass is 16.5. The van der Waals surface area contributed by atoms with E-state index in [0.29, 0.717) is 12.5 Å². The minimum atomic E-state index is 0.614. The first-order chi connectivity index (χ1) is 8.29. The SMILES string of the molecule is COCCn1cc(C)nc1NCC1CCOC1. The highest BCUT2D eigenvalue weighted by Gasteiger charge is 2.16. The number of rotatable bonds is 6. The van der Waals surface area contributed by atoms with Crippen LogP contribution in [0.4, 0.5) is 5.95 Å². The molecule has 0 aromatic carbocycles. The van der Waals surface area contributed by atoms with E-state index in [4.69, 9.17) is 9.47 Å². The van der Waals surface area contributed by atoms with Crippen LogP contribution in [0.25, 0.3) is 0 Å². The maximum Gasteiger partial charge on any atom is 0.203 e. The Hall–Kier alpha value is -1.07. The van der Waals surface area contributed by atoms with Crippen LogP contribution in [0.5, 0.6) is 0 Å². The van der Waals surface area contributed by atoms with Crippen molar-refractivity contribution in [1.29, 1.82) is 0 Å². The Morgan fingerprint density at radius 2 is 2.53 bits per heavy atom. The average Bonchev–Trinajstić information content (AvgIpc) is 2.93. The van der Waals surface area contributed by atoms with Crippen LogP contribution in [0.15, 0.2) is 6.20 Å². The van der Waals surface area contributed by atoms with Crippen LogP contribution in [0.1, 0.15) is 12.1 Å². The van der Waals surface area contributed by atoms with Crippen LogP contribution in [0, 0.1) is 12.8 Å². The number of hydrogen-bond acceptors (Lipinski definition) is 4. The Kier molecular flexibility index (Phi) is 4.39. The van der Waals surface area contributed by atoms with Gasteiger partial charge in [-0.05, 0) is 13.3 Å².